The van der Waals surface area contributed by atoms with Crippen LogP contribution < -0.4 is 0 Å². The lowest BCUT2D eigenvalue weighted by Gasteiger charge is -2.58. The number of hydrogen-bond acceptors (Lipinski definition) is 1. The summed E-state index contributed by atoms with van der Waals surface area (Å²) in [6.45, 7) is 9.48. The molecule has 0 N–H and O–H groups in total. The zero-order chi connectivity index (χ0) is 10.3. The van der Waals surface area contributed by atoms with Gasteiger partial charge < -0.3 is 0 Å². The van der Waals surface area contributed by atoms with Gasteiger partial charge in [0.1, 0.15) is 0 Å². The smallest absolute Gasteiger partial charge is 0.0118 e. The third kappa shape index (κ3) is 1.60. The summed E-state index contributed by atoms with van der Waals surface area (Å²) in [5.74, 6) is 1.98. The Hall–Kier alpha value is -0.0400. The van der Waals surface area contributed by atoms with E-state index in [1.54, 1.807) is 0 Å². The molecule has 0 aromatic rings. The normalized spacial score (nSPS) is 39.6. The molecule has 3 fully saturated rings. The summed E-state index contributed by atoms with van der Waals surface area (Å²) in [5, 5.41) is 0. The number of nitrogens with zero attached hydrogens (tertiary/aromatic N) is 1. The third-order valence-corrected chi connectivity index (χ3v) is 4.58. The monoisotopic (exact) mass is 195 g/mol. The molecular weight excluding hydrogens is 170 g/mol. The zero-order valence-electron chi connectivity index (χ0n) is 10.2. The Kier molecular flexibility index (Phi) is 2.88. The second-order valence-corrected chi connectivity index (χ2v) is 5.70. The quantitative estimate of drug-likeness (QED) is 0.668. The fourth-order valence-corrected chi connectivity index (χ4v) is 3.59. The molecule has 2 saturated heterocycles. The van der Waals surface area contributed by atoms with Gasteiger partial charge in [0.25, 0.3) is 0 Å². The van der Waals surface area contributed by atoms with Crippen LogP contribution in [-0.4, -0.2) is 23.0 Å². The van der Waals surface area contributed by atoms with E-state index < -0.39 is 0 Å². The van der Waals surface area contributed by atoms with Gasteiger partial charge in [-0.25, -0.2) is 0 Å². The maximum absolute atomic E-state index is 2.75. The summed E-state index contributed by atoms with van der Waals surface area (Å²) >= 11 is 0. The molecule has 0 aromatic carbocycles. The van der Waals surface area contributed by atoms with Crippen molar-refractivity contribution in [2.45, 2.75) is 71.5 Å². The van der Waals surface area contributed by atoms with E-state index in [1.807, 2.05) is 0 Å². The predicted octanol–water partition coefficient (Wildman–Crippen LogP) is 3.29. The van der Waals surface area contributed by atoms with E-state index >= 15 is 0 Å². The van der Waals surface area contributed by atoms with Gasteiger partial charge in [0, 0.05) is 18.1 Å². The van der Waals surface area contributed by atoms with Crippen LogP contribution in [0.3, 0.4) is 0 Å². The first-order chi connectivity index (χ1) is 6.63. The second-order valence-electron chi connectivity index (χ2n) is 5.70. The number of rotatable bonds is 3. The fourth-order valence-electron chi connectivity index (χ4n) is 3.59. The molecule has 0 spiro atoms. The molecule has 2 heterocycles. The average molecular weight is 195 g/mol. The molecule has 1 nitrogen and oxygen atoms in total. The summed E-state index contributed by atoms with van der Waals surface area (Å²) < 4.78 is 0. The lowest BCUT2D eigenvalue weighted by Crippen LogP contribution is -2.63. The predicted molar refractivity (Wildman–Crippen MR) is 61.3 cm³/mol. The summed E-state index contributed by atoms with van der Waals surface area (Å²) in [6.07, 6.45) is 5.81. The van der Waals surface area contributed by atoms with Gasteiger partial charge in [-0.1, -0.05) is 20.3 Å². The van der Waals surface area contributed by atoms with Gasteiger partial charge in [-0.3, -0.25) is 4.90 Å². The Bertz CT molecular complexity index is 187. The van der Waals surface area contributed by atoms with E-state index in [0.29, 0.717) is 0 Å². The summed E-state index contributed by atoms with van der Waals surface area (Å²) in [5.41, 5.74) is 0. The van der Waals surface area contributed by atoms with Crippen LogP contribution in [0.2, 0.25) is 0 Å². The average Bonchev–Trinajstić information content (AvgIpc) is 2.15. The summed E-state index contributed by atoms with van der Waals surface area (Å²) in [7, 11) is 0. The molecule has 1 saturated carbocycles. The molecule has 0 aromatic heterocycles. The molecule has 0 amide bonds. The topological polar surface area (TPSA) is 3.24 Å². The lowest BCUT2D eigenvalue weighted by atomic mass is 9.68. The maximum atomic E-state index is 2.75. The van der Waals surface area contributed by atoms with E-state index in [9.17, 15) is 0 Å². The van der Waals surface area contributed by atoms with Crippen molar-refractivity contribution in [1.82, 2.24) is 4.90 Å². The first kappa shape index (κ1) is 10.5. The molecule has 2 aliphatic heterocycles. The van der Waals surface area contributed by atoms with Crippen LogP contribution in [0.15, 0.2) is 0 Å². The summed E-state index contributed by atoms with van der Waals surface area (Å²) in [6, 6.07) is 2.65. The van der Waals surface area contributed by atoms with E-state index in [2.05, 4.69) is 32.6 Å². The number of hydrogen-bond donors (Lipinski definition) is 0. The van der Waals surface area contributed by atoms with Crippen molar-refractivity contribution in [3.05, 3.63) is 0 Å². The van der Waals surface area contributed by atoms with Crippen molar-refractivity contribution in [1.29, 1.82) is 0 Å². The number of piperidine rings is 1. The van der Waals surface area contributed by atoms with Crippen LogP contribution in [-0.2, 0) is 0 Å². The Labute approximate surface area is 88.9 Å². The van der Waals surface area contributed by atoms with Crippen LogP contribution in [0.25, 0.3) is 0 Å². The van der Waals surface area contributed by atoms with Crippen LogP contribution in [0, 0.1) is 11.8 Å². The molecule has 82 valence electrons. The molecule has 3 atom stereocenters. The van der Waals surface area contributed by atoms with Gasteiger partial charge in [-0.2, -0.15) is 0 Å². The highest BCUT2D eigenvalue weighted by Crippen LogP contribution is 2.45. The van der Waals surface area contributed by atoms with Crippen molar-refractivity contribution >= 4 is 0 Å². The molecule has 0 radical (unpaired) electrons. The highest BCUT2D eigenvalue weighted by molar-refractivity contribution is 5.01. The number of fused-ring (bicyclic) bond motifs is 2. The fraction of sp³-hybridized carbons (Fsp3) is 1.00. The minimum atomic E-state index is 0.775. The molecule has 1 heteroatoms. The highest BCUT2D eigenvalue weighted by Gasteiger charge is 2.46. The Morgan fingerprint density at radius 3 is 2.07 bits per heavy atom. The van der Waals surface area contributed by atoms with Gasteiger partial charge in [-0.05, 0) is 44.9 Å². The van der Waals surface area contributed by atoms with E-state index in [-0.39, 0.29) is 0 Å². The molecule has 1 aliphatic carbocycles. The highest BCUT2D eigenvalue weighted by atomic mass is 15.3. The minimum Gasteiger partial charge on any atom is -0.295 e. The molecular formula is C13H25N. The molecule has 3 rings (SSSR count). The van der Waals surface area contributed by atoms with Crippen molar-refractivity contribution in [3.63, 3.8) is 0 Å². The van der Waals surface area contributed by atoms with Gasteiger partial charge in [-0.15, -0.1) is 0 Å². The van der Waals surface area contributed by atoms with Gasteiger partial charge in [0.15, 0.2) is 0 Å². The zero-order valence-corrected chi connectivity index (χ0v) is 10.2. The van der Waals surface area contributed by atoms with E-state index in [4.69, 9.17) is 0 Å². The standard InChI is InChI=1S/C13H25N/c1-5-10(4)11-6-12-8-13(7-11)14(12)9(2)3/h9-13H,5-8H2,1-4H3. The minimum absolute atomic E-state index is 0.775. The first-order valence-electron chi connectivity index (χ1n) is 6.40. The van der Waals surface area contributed by atoms with E-state index in [1.165, 1.54) is 25.7 Å². The Morgan fingerprint density at radius 1 is 1.07 bits per heavy atom. The van der Waals surface area contributed by atoms with Crippen molar-refractivity contribution in [3.8, 4) is 0 Å². The van der Waals surface area contributed by atoms with Crippen molar-refractivity contribution in [2.75, 3.05) is 0 Å². The van der Waals surface area contributed by atoms with Crippen molar-refractivity contribution in [2.24, 2.45) is 11.8 Å². The van der Waals surface area contributed by atoms with Crippen LogP contribution in [0.5, 0.6) is 0 Å². The van der Waals surface area contributed by atoms with Gasteiger partial charge in [0.2, 0.25) is 0 Å². The van der Waals surface area contributed by atoms with Crippen LogP contribution >= 0.6 is 0 Å². The third-order valence-electron chi connectivity index (χ3n) is 4.58. The maximum Gasteiger partial charge on any atom is 0.0118 e. The molecule has 14 heavy (non-hydrogen) atoms. The van der Waals surface area contributed by atoms with Crippen LogP contribution in [0.1, 0.15) is 53.4 Å². The second kappa shape index (κ2) is 3.84. The Morgan fingerprint density at radius 2 is 1.64 bits per heavy atom. The van der Waals surface area contributed by atoms with Crippen LogP contribution in [0.4, 0.5) is 0 Å². The largest absolute Gasteiger partial charge is 0.295 e. The van der Waals surface area contributed by atoms with Gasteiger partial charge >= 0.3 is 0 Å². The van der Waals surface area contributed by atoms with Gasteiger partial charge in [0.05, 0.1) is 0 Å². The lowest BCUT2D eigenvalue weighted by molar-refractivity contribution is -0.0826. The summed E-state index contributed by atoms with van der Waals surface area (Å²) in [4.78, 5) is 2.75. The van der Waals surface area contributed by atoms with Crippen molar-refractivity contribution < 1.29 is 0 Å². The first-order valence-corrected chi connectivity index (χ1v) is 6.40. The SMILES string of the molecule is CCC(C)C1CC2CC(C1)N2C(C)C. The molecule has 3 unspecified atom stereocenters. The Balaban J connectivity index is 1.91. The molecule has 3 aliphatic rings. The molecule has 2 bridgehead atoms. The van der Waals surface area contributed by atoms with E-state index in [0.717, 1.165) is 30.0 Å².